The number of amides is 1. The number of hydrogen-bond donors (Lipinski definition) is 3. The summed E-state index contributed by atoms with van der Waals surface area (Å²) in [7, 11) is 0. The summed E-state index contributed by atoms with van der Waals surface area (Å²) < 4.78 is 26.7. The van der Waals surface area contributed by atoms with Crippen LogP contribution in [0, 0.1) is 24.5 Å². The number of aryl methyl sites for hydroxylation is 1. The molecule has 2 aromatic rings. The van der Waals surface area contributed by atoms with Crippen molar-refractivity contribution in [2.45, 2.75) is 26.8 Å². The predicted molar refractivity (Wildman–Crippen MR) is 107 cm³/mol. The van der Waals surface area contributed by atoms with Crippen LogP contribution >= 0.6 is 0 Å². The number of benzene rings is 2. The summed E-state index contributed by atoms with van der Waals surface area (Å²) in [6.45, 7) is 4.84. The van der Waals surface area contributed by atoms with Crippen LogP contribution in [0.15, 0.2) is 47.5 Å². The molecule has 0 saturated heterocycles. The molecule has 2 rings (SSSR count). The summed E-state index contributed by atoms with van der Waals surface area (Å²) in [5, 5.41) is 6.19. The first kappa shape index (κ1) is 21.3. The van der Waals surface area contributed by atoms with Crippen LogP contribution < -0.4 is 16.4 Å². The second kappa shape index (κ2) is 10.4. The summed E-state index contributed by atoms with van der Waals surface area (Å²) in [4.78, 5) is 16.2. The van der Waals surface area contributed by atoms with Crippen LogP contribution in [0.5, 0.6) is 0 Å². The van der Waals surface area contributed by atoms with Crippen molar-refractivity contribution in [3.05, 3.63) is 70.8 Å². The number of carbonyl (C=O) groups excluding carboxylic acids is 1. The minimum atomic E-state index is -0.480. The lowest BCUT2D eigenvalue weighted by Gasteiger charge is -2.17. The number of carbonyl (C=O) groups is 1. The summed E-state index contributed by atoms with van der Waals surface area (Å²) in [5.41, 5.74) is 7.67. The van der Waals surface area contributed by atoms with Gasteiger partial charge in [0.1, 0.15) is 11.6 Å². The van der Waals surface area contributed by atoms with Crippen LogP contribution in [0.25, 0.3) is 0 Å². The van der Waals surface area contributed by atoms with Gasteiger partial charge in [-0.1, -0.05) is 24.3 Å². The molecule has 0 aliphatic heterocycles. The van der Waals surface area contributed by atoms with E-state index in [2.05, 4.69) is 15.6 Å². The first-order valence-electron chi connectivity index (χ1n) is 9.20. The van der Waals surface area contributed by atoms with E-state index in [4.69, 9.17) is 5.73 Å². The molecule has 0 fully saturated rings. The maximum Gasteiger partial charge on any atom is 0.222 e. The monoisotopic (exact) mass is 388 g/mol. The summed E-state index contributed by atoms with van der Waals surface area (Å²) in [6.07, 6.45) is 0.394. The number of nitrogens with zero attached hydrogens (tertiary/aromatic N) is 1. The largest absolute Gasteiger partial charge is 0.369 e. The molecule has 1 atom stereocenters. The van der Waals surface area contributed by atoms with E-state index in [9.17, 15) is 13.6 Å². The third-order valence-corrected chi connectivity index (χ3v) is 4.31. The number of halogens is 2. The molecule has 4 N–H and O–H groups in total. The highest BCUT2D eigenvalue weighted by Gasteiger charge is 2.16. The fraction of sp³-hybridized carbons (Fsp3) is 0.333. The molecule has 1 unspecified atom stereocenters. The molecule has 0 radical (unpaired) electrons. The molecule has 28 heavy (non-hydrogen) atoms. The van der Waals surface area contributed by atoms with Gasteiger partial charge >= 0.3 is 0 Å². The molecule has 0 aromatic heterocycles. The first-order valence-corrected chi connectivity index (χ1v) is 9.20. The Balaban J connectivity index is 2.01. The number of nitrogens with two attached hydrogens (primary N) is 1. The van der Waals surface area contributed by atoms with Crippen LogP contribution in [-0.2, 0) is 17.8 Å². The van der Waals surface area contributed by atoms with Crippen molar-refractivity contribution in [3.8, 4) is 0 Å². The van der Waals surface area contributed by atoms with Gasteiger partial charge in [0.05, 0.1) is 12.5 Å². The van der Waals surface area contributed by atoms with Gasteiger partial charge in [0.2, 0.25) is 5.91 Å². The minimum Gasteiger partial charge on any atom is -0.369 e. The number of rotatable bonds is 8. The number of guanidine groups is 1. The quantitative estimate of drug-likeness (QED) is 0.481. The molecule has 150 valence electrons. The topological polar surface area (TPSA) is 79.5 Å². The Bertz CT molecular complexity index is 822. The normalized spacial score (nSPS) is 12.5. The lowest BCUT2D eigenvalue weighted by molar-refractivity contribution is -0.121. The molecule has 0 aliphatic carbocycles. The van der Waals surface area contributed by atoms with E-state index in [1.165, 1.54) is 18.2 Å². The van der Waals surface area contributed by atoms with Crippen molar-refractivity contribution in [1.82, 2.24) is 10.6 Å². The third kappa shape index (κ3) is 6.64. The Morgan fingerprint density at radius 2 is 1.79 bits per heavy atom. The highest BCUT2D eigenvalue weighted by Crippen LogP contribution is 2.11. The van der Waals surface area contributed by atoms with Crippen LogP contribution in [0.3, 0.4) is 0 Å². The third-order valence-electron chi connectivity index (χ3n) is 4.31. The van der Waals surface area contributed by atoms with Gasteiger partial charge in [-0.3, -0.25) is 4.79 Å². The highest BCUT2D eigenvalue weighted by molar-refractivity contribution is 5.81. The van der Waals surface area contributed by atoms with Crippen molar-refractivity contribution in [3.63, 3.8) is 0 Å². The Morgan fingerprint density at radius 1 is 1.11 bits per heavy atom. The van der Waals surface area contributed by atoms with Crippen molar-refractivity contribution in [1.29, 1.82) is 0 Å². The van der Waals surface area contributed by atoms with E-state index in [1.54, 1.807) is 25.1 Å². The molecule has 0 spiro atoms. The number of aliphatic imine (C=N–C) groups is 1. The van der Waals surface area contributed by atoms with Gasteiger partial charge in [-0.25, -0.2) is 13.8 Å². The van der Waals surface area contributed by atoms with E-state index < -0.39 is 11.8 Å². The summed E-state index contributed by atoms with van der Waals surface area (Å²) in [6, 6.07) is 11.0. The maximum absolute atomic E-state index is 13.7. The zero-order valence-electron chi connectivity index (χ0n) is 16.1. The van der Waals surface area contributed by atoms with Gasteiger partial charge in [0.25, 0.3) is 0 Å². The molecule has 2 aromatic carbocycles. The van der Waals surface area contributed by atoms with E-state index in [-0.39, 0.29) is 18.2 Å². The highest BCUT2D eigenvalue weighted by atomic mass is 19.1. The average Bonchev–Trinajstić information content (AvgIpc) is 2.66. The molecule has 0 bridgehead atoms. The lowest BCUT2D eigenvalue weighted by Crippen LogP contribution is -2.43. The molecule has 1 amide bonds. The Hall–Kier alpha value is -2.96. The second-order valence-electron chi connectivity index (χ2n) is 6.59. The van der Waals surface area contributed by atoms with Gasteiger partial charge in [0, 0.05) is 13.1 Å². The van der Waals surface area contributed by atoms with E-state index in [1.807, 2.05) is 13.0 Å². The fourth-order valence-corrected chi connectivity index (χ4v) is 2.65. The second-order valence-corrected chi connectivity index (χ2v) is 6.59. The molecule has 0 heterocycles. The molecule has 7 heteroatoms. The van der Waals surface area contributed by atoms with Crippen LogP contribution in [0.1, 0.15) is 23.6 Å². The molecule has 5 nitrogen and oxygen atoms in total. The summed E-state index contributed by atoms with van der Waals surface area (Å²) >= 11 is 0. The Kier molecular flexibility index (Phi) is 7.92. The fourth-order valence-electron chi connectivity index (χ4n) is 2.65. The molecule has 0 aliphatic rings. The maximum atomic E-state index is 13.7. The van der Waals surface area contributed by atoms with Crippen LogP contribution in [0.4, 0.5) is 8.78 Å². The predicted octanol–water partition coefficient (Wildman–Crippen LogP) is 2.67. The van der Waals surface area contributed by atoms with Gasteiger partial charge in [-0.05, 0) is 55.2 Å². The number of hydrogen-bond acceptors (Lipinski definition) is 2. The van der Waals surface area contributed by atoms with Crippen molar-refractivity contribution in [2.24, 2.45) is 16.6 Å². The average molecular weight is 388 g/mol. The van der Waals surface area contributed by atoms with Crippen LogP contribution in [-0.4, -0.2) is 25.0 Å². The smallest absolute Gasteiger partial charge is 0.222 e. The van der Waals surface area contributed by atoms with E-state index in [0.29, 0.717) is 31.0 Å². The molecular weight excluding hydrogens is 362 g/mol. The number of nitrogens with one attached hydrogen (secondary N) is 2. The molecular formula is C21H26F2N4O. The van der Waals surface area contributed by atoms with Crippen molar-refractivity contribution in [2.75, 3.05) is 13.1 Å². The van der Waals surface area contributed by atoms with E-state index >= 15 is 0 Å². The Labute approximate surface area is 164 Å². The zero-order chi connectivity index (χ0) is 20.5. The van der Waals surface area contributed by atoms with Gasteiger partial charge < -0.3 is 16.4 Å². The standard InChI is InChI=1S/C21H26F2N4O/c1-3-25-21(26-12-16-5-4-14(2)19(23)11-16)27-13-17(20(24)28)10-15-6-8-18(22)9-7-15/h4-9,11,17H,3,10,12-13H2,1-2H3,(H2,24,28)(H2,25,26,27). The SMILES string of the molecule is CCNC(=NCc1ccc(C)c(F)c1)NCC(Cc1ccc(F)cc1)C(N)=O. The summed E-state index contributed by atoms with van der Waals surface area (Å²) in [5.74, 6) is -1.02. The van der Waals surface area contributed by atoms with Crippen molar-refractivity contribution >= 4 is 11.9 Å². The minimum absolute atomic E-state index is 0.265. The van der Waals surface area contributed by atoms with E-state index in [0.717, 1.165) is 11.1 Å². The van der Waals surface area contributed by atoms with Crippen molar-refractivity contribution < 1.29 is 13.6 Å². The first-order chi connectivity index (χ1) is 13.4. The van der Waals surface area contributed by atoms with Gasteiger partial charge in [-0.15, -0.1) is 0 Å². The Morgan fingerprint density at radius 3 is 2.39 bits per heavy atom. The molecule has 0 saturated carbocycles. The van der Waals surface area contributed by atoms with Crippen LogP contribution in [0.2, 0.25) is 0 Å². The number of primary amides is 1. The van der Waals surface area contributed by atoms with Gasteiger partial charge in [0.15, 0.2) is 5.96 Å². The zero-order valence-corrected chi connectivity index (χ0v) is 16.1. The lowest BCUT2D eigenvalue weighted by atomic mass is 9.98. The van der Waals surface area contributed by atoms with Gasteiger partial charge in [-0.2, -0.15) is 0 Å².